The first-order valence-electron chi connectivity index (χ1n) is 7.36. The molecule has 5 heteroatoms. The van der Waals surface area contributed by atoms with E-state index in [1.54, 1.807) is 17.5 Å². The third-order valence-electron chi connectivity index (χ3n) is 3.63. The lowest BCUT2D eigenvalue weighted by molar-refractivity contribution is 0.0913. The van der Waals surface area contributed by atoms with Crippen molar-refractivity contribution in [3.63, 3.8) is 0 Å². The van der Waals surface area contributed by atoms with Gasteiger partial charge >= 0.3 is 0 Å². The Hall–Kier alpha value is -1.59. The van der Waals surface area contributed by atoms with Crippen molar-refractivity contribution in [2.45, 2.75) is 18.9 Å². The number of nitrogens with zero attached hydrogens (tertiary/aromatic N) is 2. The SMILES string of the molecule is c1ccc(OCCN2CCC(Oc3nccs3)CC2)cc1. The normalized spacial score (nSPS) is 16.8. The maximum absolute atomic E-state index is 5.87. The highest BCUT2D eigenvalue weighted by Crippen LogP contribution is 2.20. The van der Waals surface area contributed by atoms with Gasteiger partial charge in [-0.3, -0.25) is 4.90 Å². The first-order chi connectivity index (χ1) is 10.4. The molecule has 0 amide bonds. The van der Waals surface area contributed by atoms with Gasteiger partial charge < -0.3 is 9.47 Å². The van der Waals surface area contributed by atoms with Crippen molar-refractivity contribution in [1.82, 2.24) is 9.88 Å². The summed E-state index contributed by atoms with van der Waals surface area (Å²) in [7, 11) is 0. The second-order valence-corrected chi connectivity index (χ2v) is 5.98. The number of likely N-dealkylation sites (tertiary alicyclic amines) is 1. The minimum absolute atomic E-state index is 0.308. The monoisotopic (exact) mass is 304 g/mol. The molecule has 2 aromatic rings. The Morgan fingerprint density at radius 3 is 2.71 bits per heavy atom. The summed E-state index contributed by atoms with van der Waals surface area (Å²) in [5, 5.41) is 2.74. The summed E-state index contributed by atoms with van der Waals surface area (Å²) >= 11 is 1.56. The van der Waals surface area contributed by atoms with Crippen molar-refractivity contribution >= 4 is 11.3 Å². The summed E-state index contributed by atoms with van der Waals surface area (Å²) < 4.78 is 11.6. The van der Waals surface area contributed by atoms with E-state index in [-0.39, 0.29) is 0 Å². The number of para-hydroxylation sites is 1. The van der Waals surface area contributed by atoms with Gasteiger partial charge in [-0.1, -0.05) is 29.5 Å². The lowest BCUT2D eigenvalue weighted by atomic mass is 10.1. The van der Waals surface area contributed by atoms with Gasteiger partial charge in [0.1, 0.15) is 18.5 Å². The molecule has 0 radical (unpaired) electrons. The molecule has 0 atom stereocenters. The van der Waals surface area contributed by atoms with Gasteiger partial charge in [0, 0.05) is 31.2 Å². The third-order valence-corrected chi connectivity index (χ3v) is 4.29. The first kappa shape index (κ1) is 14.4. The van der Waals surface area contributed by atoms with Crippen molar-refractivity contribution in [1.29, 1.82) is 0 Å². The van der Waals surface area contributed by atoms with E-state index in [0.29, 0.717) is 6.10 Å². The average Bonchev–Trinajstić information content (AvgIpc) is 3.03. The van der Waals surface area contributed by atoms with Gasteiger partial charge in [0.15, 0.2) is 0 Å². The van der Waals surface area contributed by atoms with Gasteiger partial charge in [-0.05, 0) is 25.0 Å². The van der Waals surface area contributed by atoms with Crippen molar-refractivity contribution < 1.29 is 9.47 Å². The number of thiazole rings is 1. The molecule has 0 bridgehead atoms. The van der Waals surface area contributed by atoms with E-state index >= 15 is 0 Å². The molecule has 21 heavy (non-hydrogen) atoms. The standard InChI is InChI=1S/C16H20N2O2S/c1-2-4-14(5-3-1)19-12-11-18-9-6-15(7-10-18)20-16-17-8-13-21-16/h1-5,8,13,15H,6-7,9-12H2. The van der Waals surface area contributed by atoms with Crippen LogP contribution >= 0.6 is 11.3 Å². The highest BCUT2D eigenvalue weighted by atomic mass is 32.1. The zero-order valence-electron chi connectivity index (χ0n) is 12.0. The number of ether oxygens (including phenoxy) is 2. The number of hydrogen-bond donors (Lipinski definition) is 0. The fourth-order valence-corrected chi connectivity index (χ4v) is 3.02. The summed E-state index contributed by atoms with van der Waals surface area (Å²) in [6.45, 7) is 3.84. The van der Waals surface area contributed by atoms with Gasteiger partial charge in [-0.25, -0.2) is 4.98 Å². The lowest BCUT2D eigenvalue weighted by Gasteiger charge is -2.31. The van der Waals surface area contributed by atoms with Crippen molar-refractivity contribution in [2.24, 2.45) is 0 Å². The predicted octanol–water partition coefficient (Wildman–Crippen LogP) is 3.07. The van der Waals surface area contributed by atoms with E-state index in [4.69, 9.17) is 9.47 Å². The van der Waals surface area contributed by atoms with E-state index < -0.39 is 0 Å². The minimum atomic E-state index is 0.308. The molecule has 4 nitrogen and oxygen atoms in total. The molecule has 0 aliphatic carbocycles. The third kappa shape index (κ3) is 4.44. The molecule has 2 heterocycles. The molecule has 0 saturated carbocycles. The quantitative estimate of drug-likeness (QED) is 0.821. The van der Waals surface area contributed by atoms with E-state index in [1.807, 2.05) is 35.7 Å². The summed E-state index contributed by atoms with van der Waals surface area (Å²) in [5.41, 5.74) is 0. The Kier molecular flexibility index (Phi) is 5.08. The van der Waals surface area contributed by atoms with E-state index in [1.165, 1.54) is 0 Å². The zero-order chi connectivity index (χ0) is 14.3. The van der Waals surface area contributed by atoms with Crippen LogP contribution in [-0.2, 0) is 0 Å². The summed E-state index contributed by atoms with van der Waals surface area (Å²) in [6.07, 6.45) is 4.22. The van der Waals surface area contributed by atoms with Gasteiger partial charge in [0.25, 0.3) is 5.19 Å². The Balaban J connectivity index is 1.34. The molecule has 0 spiro atoms. The average molecular weight is 304 g/mol. The van der Waals surface area contributed by atoms with E-state index in [0.717, 1.165) is 50.0 Å². The van der Waals surface area contributed by atoms with Crippen LogP contribution in [0.2, 0.25) is 0 Å². The smallest absolute Gasteiger partial charge is 0.273 e. The number of hydrogen-bond acceptors (Lipinski definition) is 5. The number of rotatable bonds is 6. The Morgan fingerprint density at radius 1 is 1.19 bits per heavy atom. The van der Waals surface area contributed by atoms with Crippen LogP contribution in [0.5, 0.6) is 10.9 Å². The molecule has 1 saturated heterocycles. The van der Waals surface area contributed by atoms with Crippen molar-refractivity contribution in [3.05, 3.63) is 41.9 Å². The predicted molar refractivity (Wildman–Crippen MR) is 84.1 cm³/mol. The molecule has 1 fully saturated rings. The molecule has 3 rings (SSSR count). The van der Waals surface area contributed by atoms with Crippen LogP contribution in [0.3, 0.4) is 0 Å². The summed E-state index contributed by atoms with van der Waals surface area (Å²) in [4.78, 5) is 6.61. The maximum Gasteiger partial charge on any atom is 0.273 e. The second-order valence-electron chi connectivity index (χ2n) is 5.12. The highest BCUT2D eigenvalue weighted by Gasteiger charge is 2.20. The molecule has 1 aliphatic rings. The number of aromatic nitrogens is 1. The van der Waals surface area contributed by atoms with Gasteiger partial charge in [0.2, 0.25) is 0 Å². The summed E-state index contributed by atoms with van der Waals surface area (Å²) in [5.74, 6) is 0.944. The van der Waals surface area contributed by atoms with E-state index in [2.05, 4.69) is 9.88 Å². The van der Waals surface area contributed by atoms with Crippen LogP contribution in [0, 0.1) is 0 Å². The molecular formula is C16H20N2O2S. The number of benzene rings is 1. The molecule has 0 N–H and O–H groups in total. The van der Waals surface area contributed by atoms with Crippen molar-refractivity contribution in [2.75, 3.05) is 26.2 Å². The largest absolute Gasteiger partial charge is 0.492 e. The summed E-state index contributed by atoms with van der Waals surface area (Å²) in [6, 6.07) is 9.98. The van der Waals surface area contributed by atoms with Gasteiger partial charge in [-0.15, -0.1) is 0 Å². The molecule has 1 aromatic heterocycles. The van der Waals surface area contributed by atoms with Crippen LogP contribution in [0.4, 0.5) is 0 Å². The van der Waals surface area contributed by atoms with Crippen molar-refractivity contribution in [3.8, 4) is 10.9 Å². The second kappa shape index (κ2) is 7.43. The van der Waals surface area contributed by atoms with E-state index in [9.17, 15) is 0 Å². The van der Waals surface area contributed by atoms with Gasteiger partial charge in [0.05, 0.1) is 0 Å². The van der Waals surface area contributed by atoms with Crippen LogP contribution in [0.1, 0.15) is 12.8 Å². The molecule has 1 aliphatic heterocycles. The van der Waals surface area contributed by atoms with Crippen LogP contribution < -0.4 is 9.47 Å². The Labute approximate surface area is 129 Å². The molecule has 1 aromatic carbocycles. The minimum Gasteiger partial charge on any atom is -0.492 e. The Bertz CT molecular complexity index is 510. The lowest BCUT2D eigenvalue weighted by Crippen LogP contribution is -2.40. The molecule has 112 valence electrons. The topological polar surface area (TPSA) is 34.6 Å². The van der Waals surface area contributed by atoms with Crippen LogP contribution in [0.15, 0.2) is 41.9 Å². The zero-order valence-corrected chi connectivity index (χ0v) is 12.8. The maximum atomic E-state index is 5.87. The Morgan fingerprint density at radius 2 is 2.00 bits per heavy atom. The van der Waals surface area contributed by atoms with Gasteiger partial charge in [-0.2, -0.15) is 0 Å². The first-order valence-corrected chi connectivity index (χ1v) is 8.24. The molecule has 0 unspecified atom stereocenters. The highest BCUT2D eigenvalue weighted by molar-refractivity contribution is 7.11. The van der Waals surface area contributed by atoms with Crippen LogP contribution in [0.25, 0.3) is 0 Å². The molecular weight excluding hydrogens is 284 g/mol. The number of piperidine rings is 1. The fraction of sp³-hybridized carbons (Fsp3) is 0.438. The fourth-order valence-electron chi connectivity index (χ4n) is 2.47. The van der Waals surface area contributed by atoms with Crippen LogP contribution in [-0.4, -0.2) is 42.2 Å².